The van der Waals surface area contributed by atoms with Gasteiger partial charge >= 0.3 is 0 Å². The molecule has 2 unspecified atom stereocenters. The first kappa shape index (κ1) is 15.8. The van der Waals surface area contributed by atoms with E-state index in [2.05, 4.69) is 69.8 Å². The summed E-state index contributed by atoms with van der Waals surface area (Å²) in [7, 11) is 0. The first-order valence-electron chi connectivity index (χ1n) is 9.78. The molecular formula is C23H25N3. The molecular weight excluding hydrogens is 318 g/mol. The van der Waals surface area contributed by atoms with Crippen LogP contribution < -0.4 is 10.2 Å². The summed E-state index contributed by atoms with van der Waals surface area (Å²) in [6.07, 6.45) is 6.97. The van der Waals surface area contributed by atoms with Gasteiger partial charge in [-0.1, -0.05) is 42.5 Å². The average molecular weight is 343 g/mol. The number of piperidine rings is 1. The third-order valence-corrected chi connectivity index (χ3v) is 6.08. The van der Waals surface area contributed by atoms with E-state index in [9.17, 15) is 0 Å². The smallest absolute Gasteiger partial charge is 0.0541 e. The van der Waals surface area contributed by atoms with E-state index >= 15 is 0 Å². The van der Waals surface area contributed by atoms with E-state index in [-0.39, 0.29) is 0 Å². The summed E-state index contributed by atoms with van der Waals surface area (Å²) in [4.78, 5) is 7.16. The third-order valence-electron chi connectivity index (χ3n) is 6.08. The van der Waals surface area contributed by atoms with Crippen molar-refractivity contribution in [2.75, 3.05) is 4.90 Å². The van der Waals surface area contributed by atoms with Crippen LogP contribution in [-0.4, -0.2) is 23.1 Å². The van der Waals surface area contributed by atoms with E-state index < -0.39 is 0 Å². The highest BCUT2D eigenvalue weighted by atomic mass is 15.2. The van der Waals surface area contributed by atoms with Crippen LogP contribution in [0.25, 0.3) is 10.8 Å². The summed E-state index contributed by atoms with van der Waals surface area (Å²) in [5, 5.41) is 6.50. The molecule has 3 heteroatoms. The minimum Gasteiger partial charge on any atom is -0.365 e. The van der Waals surface area contributed by atoms with Crippen LogP contribution in [0.5, 0.6) is 0 Å². The average Bonchev–Trinajstić information content (AvgIpc) is 2.96. The Morgan fingerprint density at radius 2 is 1.65 bits per heavy atom. The molecule has 2 bridgehead atoms. The summed E-state index contributed by atoms with van der Waals surface area (Å²) < 4.78 is 0. The Kier molecular flexibility index (Phi) is 4.10. The minimum atomic E-state index is 0.598. The Morgan fingerprint density at radius 3 is 2.46 bits per heavy atom. The molecule has 0 aliphatic carbocycles. The van der Waals surface area contributed by atoms with E-state index in [1.165, 1.54) is 42.1 Å². The van der Waals surface area contributed by atoms with Gasteiger partial charge in [0.15, 0.2) is 0 Å². The van der Waals surface area contributed by atoms with Crippen LogP contribution in [0, 0.1) is 0 Å². The molecule has 0 saturated carbocycles. The molecule has 3 heterocycles. The maximum Gasteiger partial charge on any atom is 0.0541 e. The Hall–Kier alpha value is -2.39. The normalized spacial score (nSPS) is 24.9. The van der Waals surface area contributed by atoms with Gasteiger partial charge in [-0.3, -0.25) is 4.98 Å². The quantitative estimate of drug-likeness (QED) is 0.755. The summed E-state index contributed by atoms with van der Waals surface area (Å²) in [6, 6.07) is 23.6. The Balaban J connectivity index is 1.34. The predicted octanol–water partition coefficient (Wildman–Crippen LogP) is 4.52. The van der Waals surface area contributed by atoms with Gasteiger partial charge in [-0.05, 0) is 49.3 Å². The highest BCUT2D eigenvalue weighted by Crippen LogP contribution is 2.41. The van der Waals surface area contributed by atoms with E-state index in [0.29, 0.717) is 18.1 Å². The van der Waals surface area contributed by atoms with Crippen LogP contribution in [0.3, 0.4) is 0 Å². The van der Waals surface area contributed by atoms with Gasteiger partial charge in [0.25, 0.3) is 0 Å². The molecule has 0 spiro atoms. The Labute approximate surface area is 155 Å². The molecule has 0 amide bonds. The van der Waals surface area contributed by atoms with E-state index in [1.54, 1.807) is 0 Å². The van der Waals surface area contributed by atoms with Crippen molar-refractivity contribution in [1.29, 1.82) is 0 Å². The van der Waals surface area contributed by atoms with Crippen molar-refractivity contribution in [1.82, 2.24) is 10.3 Å². The first-order chi connectivity index (χ1) is 12.9. The van der Waals surface area contributed by atoms with E-state index in [1.807, 2.05) is 12.3 Å². The molecule has 2 fully saturated rings. The van der Waals surface area contributed by atoms with Crippen LogP contribution in [-0.2, 0) is 6.54 Å². The predicted molar refractivity (Wildman–Crippen MR) is 107 cm³/mol. The zero-order chi connectivity index (χ0) is 17.3. The van der Waals surface area contributed by atoms with Gasteiger partial charge < -0.3 is 10.2 Å². The Morgan fingerprint density at radius 1 is 0.885 bits per heavy atom. The van der Waals surface area contributed by atoms with E-state index in [4.69, 9.17) is 0 Å². The third kappa shape index (κ3) is 2.86. The second-order valence-corrected chi connectivity index (χ2v) is 7.66. The monoisotopic (exact) mass is 343 g/mol. The maximum atomic E-state index is 4.44. The topological polar surface area (TPSA) is 28.2 Å². The molecule has 5 rings (SSSR count). The number of hydrogen-bond donors (Lipinski definition) is 1. The van der Waals surface area contributed by atoms with Crippen molar-refractivity contribution in [3.8, 4) is 0 Å². The van der Waals surface area contributed by atoms with Crippen LogP contribution in [0.15, 0.2) is 66.9 Å². The van der Waals surface area contributed by atoms with Crippen molar-refractivity contribution in [2.45, 2.75) is 50.4 Å². The van der Waals surface area contributed by atoms with Crippen molar-refractivity contribution in [2.24, 2.45) is 0 Å². The molecule has 2 saturated heterocycles. The summed E-state index contributed by atoms with van der Waals surface area (Å²) in [6.45, 7) is 0.874. The number of nitrogens with one attached hydrogen (secondary N) is 1. The fourth-order valence-corrected chi connectivity index (χ4v) is 4.92. The maximum absolute atomic E-state index is 4.44. The highest BCUT2D eigenvalue weighted by Gasteiger charge is 2.41. The summed E-state index contributed by atoms with van der Waals surface area (Å²) in [5.41, 5.74) is 2.56. The zero-order valence-corrected chi connectivity index (χ0v) is 15.0. The van der Waals surface area contributed by atoms with Crippen molar-refractivity contribution >= 4 is 16.5 Å². The molecule has 2 aliphatic rings. The number of fused-ring (bicyclic) bond motifs is 3. The lowest BCUT2D eigenvalue weighted by Crippen LogP contribution is -2.49. The van der Waals surface area contributed by atoms with Gasteiger partial charge in [-0.25, -0.2) is 0 Å². The van der Waals surface area contributed by atoms with Crippen LogP contribution in [0.1, 0.15) is 31.4 Å². The fraction of sp³-hybridized carbons (Fsp3) is 0.348. The van der Waals surface area contributed by atoms with Crippen molar-refractivity contribution in [3.05, 3.63) is 72.6 Å². The lowest BCUT2D eigenvalue weighted by molar-refractivity contribution is 0.354. The molecule has 3 nitrogen and oxygen atoms in total. The van der Waals surface area contributed by atoms with Gasteiger partial charge in [0.2, 0.25) is 0 Å². The SMILES string of the molecule is c1ccc(CNC2CC3CCC(C2)N3c2cccc3ccccc23)nc1. The first-order valence-corrected chi connectivity index (χ1v) is 9.78. The van der Waals surface area contributed by atoms with Gasteiger partial charge in [-0.15, -0.1) is 0 Å². The largest absolute Gasteiger partial charge is 0.365 e. The molecule has 0 radical (unpaired) electrons. The standard InChI is InChI=1S/C23H25N3/c1-2-9-22-17(6-1)7-5-10-23(22)26-20-11-12-21(26)15-19(14-20)25-16-18-8-3-4-13-24-18/h1-10,13,19-21,25H,11-12,14-16H2. The van der Waals surface area contributed by atoms with Crippen molar-refractivity contribution in [3.63, 3.8) is 0 Å². The second kappa shape index (κ2) is 6.73. The summed E-state index contributed by atoms with van der Waals surface area (Å²) in [5.74, 6) is 0. The molecule has 2 aliphatic heterocycles. The number of aromatic nitrogens is 1. The van der Waals surface area contributed by atoms with Crippen LogP contribution in [0.4, 0.5) is 5.69 Å². The number of hydrogen-bond acceptors (Lipinski definition) is 3. The Bertz CT molecular complexity index is 873. The fourth-order valence-electron chi connectivity index (χ4n) is 4.92. The van der Waals surface area contributed by atoms with Gasteiger partial charge in [-0.2, -0.15) is 0 Å². The summed E-state index contributed by atoms with van der Waals surface area (Å²) >= 11 is 0. The number of pyridine rings is 1. The molecule has 2 atom stereocenters. The van der Waals surface area contributed by atoms with Gasteiger partial charge in [0.1, 0.15) is 0 Å². The van der Waals surface area contributed by atoms with Crippen LogP contribution in [0.2, 0.25) is 0 Å². The number of anilines is 1. The molecule has 26 heavy (non-hydrogen) atoms. The second-order valence-electron chi connectivity index (χ2n) is 7.66. The minimum absolute atomic E-state index is 0.598. The molecule has 3 aromatic rings. The zero-order valence-electron chi connectivity index (χ0n) is 15.0. The molecule has 1 aromatic heterocycles. The lowest BCUT2D eigenvalue weighted by Gasteiger charge is -2.41. The van der Waals surface area contributed by atoms with Gasteiger partial charge in [0.05, 0.1) is 5.69 Å². The van der Waals surface area contributed by atoms with Crippen LogP contribution >= 0.6 is 0 Å². The van der Waals surface area contributed by atoms with E-state index in [0.717, 1.165) is 12.2 Å². The number of rotatable bonds is 4. The number of benzene rings is 2. The molecule has 1 N–H and O–H groups in total. The van der Waals surface area contributed by atoms with Crippen molar-refractivity contribution < 1.29 is 0 Å². The molecule has 2 aromatic carbocycles. The highest BCUT2D eigenvalue weighted by molar-refractivity contribution is 5.94. The number of nitrogens with zero attached hydrogens (tertiary/aromatic N) is 2. The molecule has 132 valence electrons. The van der Waals surface area contributed by atoms with Gasteiger partial charge in [0, 0.05) is 41.9 Å². The lowest BCUT2D eigenvalue weighted by atomic mass is 9.95.